The third kappa shape index (κ3) is 3.54. The lowest BCUT2D eigenvalue weighted by Crippen LogP contribution is -2.15. The van der Waals surface area contributed by atoms with Gasteiger partial charge in [-0.15, -0.1) is 0 Å². The maximum Gasteiger partial charge on any atom is 0.311 e. The van der Waals surface area contributed by atoms with Crippen molar-refractivity contribution in [3.63, 3.8) is 0 Å². The van der Waals surface area contributed by atoms with Crippen LogP contribution < -0.4 is 9.47 Å². The molecule has 0 aromatic heterocycles. The van der Waals surface area contributed by atoms with Crippen molar-refractivity contribution in [1.82, 2.24) is 0 Å². The van der Waals surface area contributed by atoms with E-state index in [-0.39, 0.29) is 0 Å². The van der Waals surface area contributed by atoms with E-state index in [2.05, 4.69) is 0 Å². The van der Waals surface area contributed by atoms with Gasteiger partial charge in [0.15, 0.2) is 0 Å². The highest BCUT2D eigenvalue weighted by Gasteiger charge is 2.23. The lowest BCUT2D eigenvalue weighted by molar-refractivity contribution is -0.138. The molecule has 2 rings (SSSR count). The Morgan fingerprint density at radius 1 is 1.10 bits per heavy atom. The molecule has 1 atom stereocenters. The Kier molecular flexibility index (Phi) is 4.82. The number of carboxylic acids is 1. The number of aliphatic carboxylic acids is 1. The SMILES string of the molecule is COc1cccc(CC(C(=O)O)c2ccccc2OC)c1. The summed E-state index contributed by atoms with van der Waals surface area (Å²) in [6.07, 6.45) is 0.382. The number of benzene rings is 2. The van der Waals surface area contributed by atoms with E-state index in [0.717, 1.165) is 11.3 Å². The molecule has 4 nitrogen and oxygen atoms in total. The first-order valence-corrected chi connectivity index (χ1v) is 6.64. The molecule has 0 saturated heterocycles. The van der Waals surface area contributed by atoms with Gasteiger partial charge in [0, 0.05) is 5.56 Å². The molecule has 1 unspecified atom stereocenters. The molecule has 21 heavy (non-hydrogen) atoms. The summed E-state index contributed by atoms with van der Waals surface area (Å²) >= 11 is 0. The van der Waals surface area contributed by atoms with Gasteiger partial charge in [-0.2, -0.15) is 0 Å². The smallest absolute Gasteiger partial charge is 0.311 e. The lowest BCUT2D eigenvalue weighted by Gasteiger charge is -2.16. The van der Waals surface area contributed by atoms with Gasteiger partial charge in [0.1, 0.15) is 11.5 Å². The number of methoxy groups -OCH3 is 2. The van der Waals surface area contributed by atoms with E-state index in [0.29, 0.717) is 17.7 Å². The second kappa shape index (κ2) is 6.79. The third-order valence-corrected chi connectivity index (χ3v) is 3.39. The average molecular weight is 286 g/mol. The first-order valence-electron chi connectivity index (χ1n) is 6.64. The van der Waals surface area contributed by atoms with Gasteiger partial charge in [-0.05, 0) is 30.2 Å². The van der Waals surface area contributed by atoms with Crippen LogP contribution in [-0.4, -0.2) is 25.3 Å². The summed E-state index contributed by atoms with van der Waals surface area (Å²) in [5.74, 6) is -0.222. The van der Waals surface area contributed by atoms with Gasteiger partial charge in [-0.3, -0.25) is 4.79 Å². The van der Waals surface area contributed by atoms with Crippen LogP contribution >= 0.6 is 0 Å². The summed E-state index contributed by atoms with van der Waals surface area (Å²) in [4.78, 5) is 11.6. The highest BCUT2D eigenvalue weighted by Crippen LogP contribution is 2.30. The summed E-state index contributed by atoms with van der Waals surface area (Å²) in [6, 6.07) is 14.7. The van der Waals surface area contributed by atoms with Crippen molar-refractivity contribution in [1.29, 1.82) is 0 Å². The van der Waals surface area contributed by atoms with E-state index in [1.165, 1.54) is 0 Å². The molecule has 0 heterocycles. The van der Waals surface area contributed by atoms with E-state index in [1.807, 2.05) is 36.4 Å². The quantitative estimate of drug-likeness (QED) is 0.886. The zero-order chi connectivity index (χ0) is 15.2. The van der Waals surface area contributed by atoms with Gasteiger partial charge in [0.05, 0.1) is 20.1 Å². The Morgan fingerprint density at radius 3 is 2.52 bits per heavy atom. The molecule has 0 saturated carbocycles. The summed E-state index contributed by atoms with van der Waals surface area (Å²) < 4.78 is 10.4. The minimum atomic E-state index is -0.873. The van der Waals surface area contributed by atoms with Crippen LogP contribution in [0.25, 0.3) is 0 Å². The van der Waals surface area contributed by atoms with Crippen molar-refractivity contribution in [3.05, 3.63) is 59.7 Å². The molecule has 0 fully saturated rings. The Balaban J connectivity index is 2.33. The minimum Gasteiger partial charge on any atom is -0.497 e. The maximum absolute atomic E-state index is 11.6. The largest absolute Gasteiger partial charge is 0.497 e. The molecule has 2 aromatic rings. The van der Waals surface area contributed by atoms with Crippen molar-refractivity contribution in [3.8, 4) is 11.5 Å². The second-order valence-electron chi connectivity index (χ2n) is 4.69. The molecular weight excluding hydrogens is 268 g/mol. The molecular formula is C17H18O4. The molecule has 0 radical (unpaired) electrons. The van der Waals surface area contributed by atoms with Crippen LogP contribution in [-0.2, 0) is 11.2 Å². The maximum atomic E-state index is 11.6. The predicted molar refractivity (Wildman–Crippen MR) is 80.1 cm³/mol. The van der Waals surface area contributed by atoms with Gasteiger partial charge in [-0.25, -0.2) is 0 Å². The van der Waals surface area contributed by atoms with Gasteiger partial charge in [-0.1, -0.05) is 30.3 Å². The molecule has 110 valence electrons. The summed E-state index contributed by atoms with van der Waals surface area (Å²) in [5.41, 5.74) is 1.59. The fourth-order valence-corrected chi connectivity index (χ4v) is 2.32. The van der Waals surface area contributed by atoms with E-state index >= 15 is 0 Å². The zero-order valence-electron chi connectivity index (χ0n) is 12.1. The Bertz CT molecular complexity index is 622. The van der Waals surface area contributed by atoms with Crippen LogP contribution in [0.3, 0.4) is 0 Å². The molecule has 0 spiro atoms. The van der Waals surface area contributed by atoms with Crippen molar-refractivity contribution < 1.29 is 19.4 Å². The topological polar surface area (TPSA) is 55.8 Å². The molecule has 2 aromatic carbocycles. The highest BCUT2D eigenvalue weighted by atomic mass is 16.5. The van der Waals surface area contributed by atoms with E-state index in [4.69, 9.17) is 9.47 Å². The molecule has 0 aliphatic heterocycles. The number of hydrogen-bond donors (Lipinski definition) is 1. The summed E-state index contributed by atoms with van der Waals surface area (Å²) in [6.45, 7) is 0. The van der Waals surface area contributed by atoms with E-state index in [1.54, 1.807) is 26.4 Å². The van der Waals surface area contributed by atoms with Crippen molar-refractivity contribution >= 4 is 5.97 Å². The Labute approximate surface area is 123 Å². The third-order valence-electron chi connectivity index (χ3n) is 3.39. The van der Waals surface area contributed by atoms with Crippen LogP contribution in [0.5, 0.6) is 11.5 Å². The van der Waals surface area contributed by atoms with Crippen molar-refractivity contribution in [2.75, 3.05) is 14.2 Å². The normalized spacial score (nSPS) is 11.7. The monoisotopic (exact) mass is 286 g/mol. The number of carbonyl (C=O) groups is 1. The predicted octanol–water partition coefficient (Wildman–Crippen LogP) is 3.11. The van der Waals surface area contributed by atoms with E-state index < -0.39 is 11.9 Å². The number of rotatable bonds is 6. The number of carboxylic acid groups (broad SMARTS) is 1. The Morgan fingerprint density at radius 2 is 1.86 bits per heavy atom. The van der Waals surface area contributed by atoms with Crippen LogP contribution in [0.2, 0.25) is 0 Å². The molecule has 1 N–H and O–H groups in total. The Hall–Kier alpha value is -2.49. The van der Waals surface area contributed by atoms with Gasteiger partial charge < -0.3 is 14.6 Å². The number of para-hydroxylation sites is 1. The molecule has 4 heteroatoms. The van der Waals surface area contributed by atoms with Crippen LogP contribution in [0, 0.1) is 0 Å². The molecule has 0 aliphatic rings. The van der Waals surface area contributed by atoms with Gasteiger partial charge >= 0.3 is 5.97 Å². The van der Waals surface area contributed by atoms with Crippen LogP contribution in [0.1, 0.15) is 17.0 Å². The minimum absolute atomic E-state index is 0.382. The van der Waals surface area contributed by atoms with Crippen molar-refractivity contribution in [2.45, 2.75) is 12.3 Å². The fourth-order valence-electron chi connectivity index (χ4n) is 2.32. The fraction of sp³-hybridized carbons (Fsp3) is 0.235. The standard InChI is InChI=1S/C17H18O4/c1-20-13-7-5-6-12(10-13)11-15(17(18)19)14-8-3-4-9-16(14)21-2/h3-10,15H,11H2,1-2H3,(H,18,19). The lowest BCUT2D eigenvalue weighted by atomic mass is 9.91. The number of hydrogen-bond acceptors (Lipinski definition) is 3. The first-order chi connectivity index (χ1) is 10.2. The zero-order valence-corrected chi connectivity index (χ0v) is 12.1. The van der Waals surface area contributed by atoms with E-state index in [9.17, 15) is 9.90 Å². The van der Waals surface area contributed by atoms with Crippen LogP contribution in [0.15, 0.2) is 48.5 Å². The van der Waals surface area contributed by atoms with Gasteiger partial charge in [0.2, 0.25) is 0 Å². The second-order valence-corrected chi connectivity index (χ2v) is 4.69. The molecule has 0 amide bonds. The highest BCUT2D eigenvalue weighted by molar-refractivity contribution is 5.77. The molecule has 0 aliphatic carbocycles. The van der Waals surface area contributed by atoms with Crippen LogP contribution in [0.4, 0.5) is 0 Å². The summed E-state index contributed by atoms with van der Waals surface area (Å²) in [7, 11) is 3.14. The summed E-state index contributed by atoms with van der Waals surface area (Å²) in [5, 5.41) is 9.55. The van der Waals surface area contributed by atoms with Crippen molar-refractivity contribution in [2.24, 2.45) is 0 Å². The molecule has 0 bridgehead atoms. The number of ether oxygens (including phenoxy) is 2. The average Bonchev–Trinajstić information content (AvgIpc) is 2.52. The first kappa shape index (κ1) is 14.9. The van der Waals surface area contributed by atoms with Gasteiger partial charge in [0.25, 0.3) is 0 Å².